The molecule has 0 radical (unpaired) electrons. The number of nitrogens with zero attached hydrogens (tertiary/aromatic N) is 4. The quantitative estimate of drug-likeness (QED) is 0.695. The topological polar surface area (TPSA) is 34.0 Å². The van der Waals surface area contributed by atoms with Gasteiger partial charge in [-0.3, -0.25) is 4.68 Å². The Kier molecular flexibility index (Phi) is 3.42. The van der Waals surface area contributed by atoms with Crippen molar-refractivity contribution in [1.82, 2.24) is 19.7 Å². The molecule has 0 fully saturated rings. The van der Waals surface area contributed by atoms with Crippen molar-refractivity contribution in [3.8, 4) is 0 Å². The third-order valence-corrected chi connectivity index (χ3v) is 1.85. The fourth-order valence-electron chi connectivity index (χ4n) is 0.984. The Morgan fingerprint density at radius 1 is 1.46 bits per heavy atom. The molecular weight excluding hydrogens is 164 g/mol. The van der Waals surface area contributed by atoms with Crippen molar-refractivity contribution in [3.63, 3.8) is 0 Å². The van der Waals surface area contributed by atoms with E-state index in [1.54, 1.807) is 6.33 Å². The van der Waals surface area contributed by atoms with Crippen molar-refractivity contribution in [1.29, 1.82) is 0 Å². The van der Waals surface area contributed by atoms with E-state index in [9.17, 15) is 0 Å². The summed E-state index contributed by atoms with van der Waals surface area (Å²) >= 11 is 0. The molecule has 1 aromatic heterocycles. The molecule has 0 spiro atoms. The lowest BCUT2D eigenvalue weighted by Gasteiger charge is -2.08. The maximum atomic E-state index is 4.36. The van der Waals surface area contributed by atoms with Crippen molar-refractivity contribution in [2.75, 3.05) is 20.6 Å². The van der Waals surface area contributed by atoms with Crippen LogP contribution in [0, 0.1) is 0 Å². The highest BCUT2D eigenvalue weighted by atomic mass is 15.3. The molecule has 74 valence electrons. The zero-order chi connectivity index (χ0) is 9.84. The minimum atomic E-state index is 0.417. The van der Waals surface area contributed by atoms with E-state index in [1.165, 1.54) is 0 Å². The van der Waals surface area contributed by atoms with E-state index in [0.717, 1.165) is 18.9 Å². The summed E-state index contributed by atoms with van der Waals surface area (Å²) in [6.45, 7) is 6.12. The second kappa shape index (κ2) is 4.37. The van der Waals surface area contributed by atoms with E-state index >= 15 is 0 Å². The molecule has 4 heteroatoms. The van der Waals surface area contributed by atoms with Crippen molar-refractivity contribution in [2.45, 2.75) is 26.3 Å². The highest BCUT2D eigenvalue weighted by Crippen LogP contribution is 2.06. The summed E-state index contributed by atoms with van der Waals surface area (Å²) in [7, 11) is 4.11. The highest BCUT2D eigenvalue weighted by molar-refractivity contribution is 4.88. The van der Waals surface area contributed by atoms with Gasteiger partial charge in [-0.1, -0.05) is 13.8 Å². The Hall–Kier alpha value is -0.900. The fraction of sp³-hybridized carbons (Fsp3) is 0.778. The van der Waals surface area contributed by atoms with Crippen LogP contribution in [0.15, 0.2) is 6.33 Å². The van der Waals surface area contributed by atoms with E-state index in [1.807, 2.05) is 4.68 Å². The maximum absolute atomic E-state index is 4.36. The van der Waals surface area contributed by atoms with Gasteiger partial charge in [-0.25, -0.2) is 4.98 Å². The summed E-state index contributed by atoms with van der Waals surface area (Å²) in [5.41, 5.74) is 0. The summed E-state index contributed by atoms with van der Waals surface area (Å²) in [5.74, 6) is 1.35. The van der Waals surface area contributed by atoms with Crippen LogP contribution >= 0.6 is 0 Å². The van der Waals surface area contributed by atoms with Crippen LogP contribution in [0.25, 0.3) is 0 Å². The molecule has 0 aliphatic rings. The molecule has 0 amide bonds. The van der Waals surface area contributed by atoms with Crippen molar-refractivity contribution in [2.24, 2.45) is 0 Å². The third kappa shape index (κ3) is 3.14. The molecule has 13 heavy (non-hydrogen) atoms. The number of aromatic nitrogens is 3. The SMILES string of the molecule is CC(C)c1ncn(CCN(C)C)n1. The molecule has 0 aromatic carbocycles. The molecule has 0 aliphatic carbocycles. The number of hydrogen-bond donors (Lipinski definition) is 0. The minimum Gasteiger partial charge on any atom is -0.308 e. The van der Waals surface area contributed by atoms with E-state index in [-0.39, 0.29) is 0 Å². The third-order valence-electron chi connectivity index (χ3n) is 1.85. The van der Waals surface area contributed by atoms with E-state index in [2.05, 4.69) is 42.9 Å². The Balaban J connectivity index is 2.49. The summed E-state index contributed by atoms with van der Waals surface area (Å²) in [6.07, 6.45) is 1.80. The largest absolute Gasteiger partial charge is 0.308 e. The van der Waals surface area contributed by atoms with Crippen LogP contribution in [0.2, 0.25) is 0 Å². The van der Waals surface area contributed by atoms with Crippen LogP contribution in [0.4, 0.5) is 0 Å². The van der Waals surface area contributed by atoms with Gasteiger partial charge in [-0.15, -0.1) is 0 Å². The molecule has 4 nitrogen and oxygen atoms in total. The summed E-state index contributed by atoms with van der Waals surface area (Å²) in [4.78, 5) is 6.36. The summed E-state index contributed by atoms with van der Waals surface area (Å²) in [6, 6.07) is 0. The smallest absolute Gasteiger partial charge is 0.153 e. The van der Waals surface area contributed by atoms with Crippen LogP contribution in [-0.4, -0.2) is 40.3 Å². The average Bonchev–Trinajstić information content (AvgIpc) is 2.48. The normalized spacial score (nSPS) is 11.5. The molecule has 0 saturated heterocycles. The Morgan fingerprint density at radius 3 is 2.62 bits per heavy atom. The zero-order valence-corrected chi connectivity index (χ0v) is 8.86. The first-order chi connectivity index (χ1) is 6.09. The second-order valence-electron chi connectivity index (χ2n) is 3.82. The lowest BCUT2D eigenvalue weighted by molar-refractivity contribution is 0.372. The van der Waals surface area contributed by atoms with Gasteiger partial charge in [-0.05, 0) is 14.1 Å². The van der Waals surface area contributed by atoms with Crippen LogP contribution in [0.3, 0.4) is 0 Å². The van der Waals surface area contributed by atoms with Gasteiger partial charge in [0, 0.05) is 12.5 Å². The van der Waals surface area contributed by atoms with Gasteiger partial charge in [-0.2, -0.15) is 5.10 Å². The van der Waals surface area contributed by atoms with Gasteiger partial charge >= 0.3 is 0 Å². The van der Waals surface area contributed by atoms with Crippen molar-refractivity contribution in [3.05, 3.63) is 12.2 Å². The molecular formula is C9H18N4. The summed E-state index contributed by atoms with van der Waals surface area (Å²) < 4.78 is 1.90. The van der Waals surface area contributed by atoms with Gasteiger partial charge in [0.2, 0.25) is 0 Å². The number of hydrogen-bond acceptors (Lipinski definition) is 3. The van der Waals surface area contributed by atoms with Crippen LogP contribution in [-0.2, 0) is 6.54 Å². The predicted octanol–water partition coefficient (Wildman–Crippen LogP) is 0.963. The minimum absolute atomic E-state index is 0.417. The first kappa shape index (κ1) is 10.2. The van der Waals surface area contributed by atoms with Crippen LogP contribution < -0.4 is 0 Å². The molecule has 1 heterocycles. The zero-order valence-electron chi connectivity index (χ0n) is 8.86. The standard InChI is InChI=1S/C9H18N4/c1-8(2)9-10-7-13(11-9)6-5-12(3)4/h7-8H,5-6H2,1-4H3. The maximum Gasteiger partial charge on any atom is 0.153 e. The molecule has 0 aliphatic heterocycles. The molecule has 1 aromatic rings. The molecule has 0 N–H and O–H groups in total. The van der Waals surface area contributed by atoms with E-state index < -0.39 is 0 Å². The molecule has 1 rings (SSSR count). The van der Waals surface area contributed by atoms with Crippen molar-refractivity contribution < 1.29 is 0 Å². The Labute approximate surface area is 79.6 Å². The number of rotatable bonds is 4. The predicted molar refractivity (Wildman–Crippen MR) is 52.7 cm³/mol. The fourth-order valence-corrected chi connectivity index (χ4v) is 0.984. The molecule has 0 unspecified atom stereocenters. The molecule has 0 saturated carbocycles. The van der Waals surface area contributed by atoms with Gasteiger partial charge in [0.15, 0.2) is 5.82 Å². The molecule has 0 bridgehead atoms. The Morgan fingerprint density at radius 2 is 2.15 bits per heavy atom. The van der Waals surface area contributed by atoms with Crippen molar-refractivity contribution >= 4 is 0 Å². The first-order valence-electron chi connectivity index (χ1n) is 4.63. The molecule has 0 atom stereocenters. The Bertz CT molecular complexity index is 252. The van der Waals surface area contributed by atoms with Crippen LogP contribution in [0.5, 0.6) is 0 Å². The van der Waals surface area contributed by atoms with Gasteiger partial charge in [0.25, 0.3) is 0 Å². The van der Waals surface area contributed by atoms with Crippen LogP contribution in [0.1, 0.15) is 25.6 Å². The van der Waals surface area contributed by atoms with Gasteiger partial charge in [0.05, 0.1) is 6.54 Å². The van der Waals surface area contributed by atoms with Gasteiger partial charge < -0.3 is 4.90 Å². The van der Waals surface area contributed by atoms with E-state index in [4.69, 9.17) is 0 Å². The monoisotopic (exact) mass is 182 g/mol. The van der Waals surface area contributed by atoms with E-state index in [0.29, 0.717) is 5.92 Å². The second-order valence-corrected chi connectivity index (χ2v) is 3.82. The first-order valence-corrected chi connectivity index (χ1v) is 4.63. The van der Waals surface area contributed by atoms with Gasteiger partial charge in [0.1, 0.15) is 6.33 Å². The lowest BCUT2D eigenvalue weighted by atomic mass is 10.2. The highest BCUT2D eigenvalue weighted by Gasteiger charge is 2.04. The lowest BCUT2D eigenvalue weighted by Crippen LogP contribution is -2.18. The number of likely N-dealkylation sites (N-methyl/N-ethyl adjacent to an activating group) is 1. The average molecular weight is 182 g/mol. The summed E-state index contributed by atoms with van der Waals surface area (Å²) in [5, 5.41) is 4.36.